The average molecular weight is 265 g/mol. The average Bonchev–Trinajstić information content (AvgIpc) is 2.37. The van der Waals surface area contributed by atoms with Crippen molar-refractivity contribution in [1.82, 2.24) is 5.32 Å². The van der Waals surface area contributed by atoms with Gasteiger partial charge in [-0.2, -0.15) is 0 Å². The molecule has 3 nitrogen and oxygen atoms in total. The normalized spacial score (nSPS) is 15.8. The molecule has 0 radical (unpaired) electrons. The van der Waals surface area contributed by atoms with Crippen molar-refractivity contribution in [3.8, 4) is 5.75 Å². The van der Waals surface area contributed by atoms with Crippen LogP contribution in [0.4, 0.5) is 0 Å². The van der Waals surface area contributed by atoms with Crippen molar-refractivity contribution in [3.05, 3.63) is 29.8 Å². The zero-order chi connectivity index (χ0) is 14.3. The van der Waals surface area contributed by atoms with Gasteiger partial charge in [-0.15, -0.1) is 0 Å². The number of benzene rings is 1. The van der Waals surface area contributed by atoms with Crippen LogP contribution in [0.1, 0.15) is 52.1 Å². The number of ether oxygens (including phenoxy) is 1. The molecule has 1 rings (SSSR count). The van der Waals surface area contributed by atoms with Crippen molar-refractivity contribution in [1.29, 1.82) is 0 Å². The highest BCUT2D eigenvalue weighted by Crippen LogP contribution is 2.25. The molecule has 0 saturated heterocycles. The Balaban J connectivity index is 2.65. The molecule has 2 atom stereocenters. The minimum Gasteiger partial charge on any atom is -0.494 e. The third-order valence-corrected chi connectivity index (χ3v) is 3.26. The van der Waals surface area contributed by atoms with Crippen LogP contribution in [0, 0.1) is 0 Å². The first-order chi connectivity index (χ1) is 9.00. The topological polar surface area (TPSA) is 41.5 Å². The van der Waals surface area contributed by atoms with Crippen molar-refractivity contribution in [2.45, 2.75) is 52.2 Å². The van der Waals surface area contributed by atoms with Gasteiger partial charge >= 0.3 is 0 Å². The predicted octanol–water partition coefficient (Wildman–Crippen LogP) is 3.29. The quantitative estimate of drug-likeness (QED) is 0.758. The summed E-state index contributed by atoms with van der Waals surface area (Å²) < 4.78 is 5.64. The van der Waals surface area contributed by atoms with Crippen LogP contribution in [0.15, 0.2) is 24.3 Å². The van der Waals surface area contributed by atoms with Gasteiger partial charge in [-0.1, -0.05) is 31.5 Å². The molecule has 0 fully saturated rings. The number of para-hydroxylation sites is 1. The molecule has 0 amide bonds. The molecule has 0 saturated carbocycles. The van der Waals surface area contributed by atoms with E-state index in [1.54, 1.807) is 0 Å². The molecule has 0 aliphatic carbocycles. The monoisotopic (exact) mass is 265 g/mol. The van der Waals surface area contributed by atoms with E-state index in [0.717, 1.165) is 24.2 Å². The SMILES string of the molecule is CCCC(C)(O)CNC(C)c1ccccc1OCC. The Morgan fingerprint density at radius 1 is 1.32 bits per heavy atom. The van der Waals surface area contributed by atoms with Gasteiger partial charge in [0.15, 0.2) is 0 Å². The van der Waals surface area contributed by atoms with Crippen molar-refractivity contribution in [2.75, 3.05) is 13.2 Å². The highest BCUT2D eigenvalue weighted by Gasteiger charge is 2.20. The molecule has 108 valence electrons. The second-order valence-corrected chi connectivity index (χ2v) is 5.32. The highest BCUT2D eigenvalue weighted by molar-refractivity contribution is 5.35. The molecule has 19 heavy (non-hydrogen) atoms. The van der Waals surface area contributed by atoms with Gasteiger partial charge in [0.25, 0.3) is 0 Å². The Kier molecular flexibility index (Phi) is 6.32. The Labute approximate surface area is 117 Å². The van der Waals surface area contributed by atoms with E-state index in [1.807, 2.05) is 32.0 Å². The molecule has 0 bridgehead atoms. The summed E-state index contributed by atoms with van der Waals surface area (Å²) in [6.45, 7) is 9.30. The van der Waals surface area contributed by atoms with E-state index in [4.69, 9.17) is 4.74 Å². The second-order valence-electron chi connectivity index (χ2n) is 5.32. The Morgan fingerprint density at radius 3 is 2.63 bits per heavy atom. The van der Waals surface area contributed by atoms with E-state index >= 15 is 0 Å². The first kappa shape index (κ1) is 16.0. The van der Waals surface area contributed by atoms with Gasteiger partial charge in [0.1, 0.15) is 5.75 Å². The van der Waals surface area contributed by atoms with Gasteiger partial charge in [-0.05, 0) is 33.3 Å². The largest absolute Gasteiger partial charge is 0.494 e. The first-order valence-corrected chi connectivity index (χ1v) is 7.17. The van der Waals surface area contributed by atoms with Crippen molar-refractivity contribution in [2.24, 2.45) is 0 Å². The van der Waals surface area contributed by atoms with Gasteiger partial charge < -0.3 is 15.2 Å². The van der Waals surface area contributed by atoms with Gasteiger partial charge in [0.05, 0.1) is 12.2 Å². The number of hydrogen-bond acceptors (Lipinski definition) is 3. The number of hydrogen-bond donors (Lipinski definition) is 2. The van der Waals surface area contributed by atoms with E-state index in [-0.39, 0.29) is 6.04 Å². The van der Waals surface area contributed by atoms with Gasteiger partial charge in [-0.3, -0.25) is 0 Å². The number of aliphatic hydroxyl groups is 1. The lowest BCUT2D eigenvalue weighted by Gasteiger charge is -2.26. The van der Waals surface area contributed by atoms with Crippen LogP contribution >= 0.6 is 0 Å². The summed E-state index contributed by atoms with van der Waals surface area (Å²) in [5.41, 5.74) is 0.487. The van der Waals surface area contributed by atoms with Crippen LogP contribution in [0.2, 0.25) is 0 Å². The molecule has 0 aliphatic heterocycles. The van der Waals surface area contributed by atoms with Gasteiger partial charge in [0.2, 0.25) is 0 Å². The molecule has 0 heterocycles. The maximum atomic E-state index is 10.2. The molecular weight excluding hydrogens is 238 g/mol. The number of nitrogens with one attached hydrogen (secondary N) is 1. The molecule has 2 N–H and O–H groups in total. The third kappa shape index (κ3) is 5.21. The summed E-state index contributed by atoms with van der Waals surface area (Å²) in [5, 5.41) is 13.6. The Hall–Kier alpha value is -1.06. The molecule has 3 heteroatoms. The molecule has 1 aromatic rings. The molecule has 0 aliphatic rings. The van der Waals surface area contributed by atoms with Crippen LogP contribution in [-0.4, -0.2) is 23.9 Å². The summed E-state index contributed by atoms with van der Waals surface area (Å²) in [6.07, 6.45) is 1.79. The summed E-state index contributed by atoms with van der Waals surface area (Å²) in [5.74, 6) is 0.917. The van der Waals surface area contributed by atoms with Crippen molar-refractivity contribution >= 4 is 0 Å². The molecular formula is C16H27NO2. The zero-order valence-electron chi connectivity index (χ0n) is 12.6. The Bertz CT molecular complexity index is 377. The van der Waals surface area contributed by atoms with E-state index in [2.05, 4.69) is 25.2 Å². The van der Waals surface area contributed by atoms with Crippen molar-refractivity contribution in [3.63, 3.8) is 0 Å². The Morgan fingerprint density at radius 2 is 2.00 bits per heavy atom. The molecule has 0 spiro atoms. The van der Waals surface area contributed by atoms with Crippen LogP contribution in [0.25, 0.3) is 0 Å². The summed E-state index contributed by atoms with van der Waals surface area (Å²) in [4.78, 5) is 0. The maximum absolute atomic E-state index is 10.2. The van der Waals surface area contributed by atoms with Crippen LogP contribution < -0.4 is 10.1 Å². The first-order valence-electron chi connectivity index (χ1n) is 7.17. The van der Waals surface area contributed by atoms with Gasteiger partial charge in [-0.25, -0.2) is 0 Å². The lowest BCUT2D eigenvalue weighted by Crippen LogP contribution is -2.38. The lowest BCUT2D eigenvalue weighted by molar-refractivity contribution is 0.0476. The van der Waals surface area contributed by atoms with Crippen LogP contribution in [0.5, 0.6) is 5.75 Å². The molecule has 2 unspecified atom stereocenters. The van der Waals surface area contributed by atoms with E-state index in [9.17, 15) is 5.11 Å². The van der Waals surface area contributed by atoms with E-state index < -0.39 is 5.60 Å². The molecule has 1 aromatic carbocycles. The standard InChI is InChI=1S/C16H27NO2/c1-5-11-16(4,18)12-17-13(3)14-9-7-8-10-15(14)19-6-2/h7-10,13,17-18H,5-6,11-12H2,1-4H3. The lowest BCUT2D eigenvalue weighted by atomic mass is 9.99. The van der Waals surface area contributed by atoms with Crippen molar-refractivity contribution < 1.29 is 9.84 Å². The zero-order valence-corrected chi connectivity index (χ0v) is 12.6. The fraction of sp³-hybridized carbons (Fsp3) is 0.625. The minimum absolute atomic E-state index is 0.158. The third-order valence-electron chi connectivity index (χ3n) is 3.26. The fourth-order valence-electron chi connectivity index (χ4n) is 2.24. The van der Waals surface area contributed by atoms with E-state index in [1.165, 1.54) is 0 Å². The van der Waals surface area contributed by atoms with Crippen LogP contribution in [0.3, 0.4) is 0 Å². The minimum atomic E-state index is -0.649. The summed E-state index contributed by atoms with van der Waals surface area (Å²) >= 11 is 0. The highest BCUT2D eigenvalue weighted by atomic mass is 16.5. The number of rotatable bonds is 8. The van der Waals surface area contributed by atoms with Gasteiger partial charge in [0, 0.05) is 18.2 Å². The van der Waals surface area contributed by atoms with E-state index in [0.29, 0.717) is 13.2 Å². The fourth-order valence-corrected chi connectivity index (χ4v) is 2.24. The smallest absolute Gasteiger partial charge is 0.124 e. The predicted molar refractivity (Wildman–Crippen MR) is 79.6 cm³/mol. The summed E-state index contributed by atoms with van der Waals surface area (Å²) in [7, 11) is 0. The maximum Gasteiger partial charge on any atom is 0.124 e. The molecule has 0 aromatic heterocycles. The van der Waals surface area contributed by atoms with Crippen LogP contribution in [-0.2, 0) is 0 Å². The summed E-state index contributed by atoms with van der Waals surface area (Å²) in [6, 6.07) is 8.21. The second kappa shape index (κ2) is 7.51.